The van der Waals surface area contributed by atoms with Crippen LogP contribution in [0.15, 0.2) is 28.6 Å². The molecule has 9 heteroatoms. The van der Waals surface area contributed by atoms with Gasteiger partial charge in [0, 0.05) is 5.69 Å². The first-order valence-electron chi connectivity index (χ1n) is 6.70. The number of carbonyl (C=O) groups is 2. The van der Waals surface area contributed by atoms with Gasteiger partial charge in [-0.1, -0.05) is 35.2 Å². The number of hydrogen-bond acceptors (Lipinski definition) is 8. The lowest BCUT2D eigenvalue weighted by Crippen LogP contribution is -2.35. The molecule has 1 aromatic heterocycles. The van der Waals surface area contributed by atoms with Crippen molar-refractivity contribution < 1.29 is 14.3 Å². The number of carbonyl (C=O) groups excluding carboxylic acids is 2. The quantitative estimate of drug-likeness (QED) is 0.799. The number of hydrogen-bond donors (Lipinski definition) is 2. The Morgan fingerprint density at radius 2 is 2.13 bits per heavy atom. The summed E-state index contributed by atoms with van der Waals surface area (Å²) in [5.74, 6) is -0.440. The second kappa shape index (κ2) is 7.93. The monoisotopic (exact) mass is 352 g/mol. The lowest BCUT2D eigenvalue weighted by atomic mass is 10.2. The molecule has 23 heavy (non-hydrogen) atoms. The zero-order valence-corrected chi connectivity index (χ0v) is 14.5. The highest BCUT2D eigenvalue weighted by Gasteiger charge is 2.19. The number of aryl methyl sites for hydroxylation is 1. The normalized spacial score (nSPS) is 11.6. The number of thioether (sulfide) groups is 1. The van der Waals surface area contributed by atoms with Gasteiger partial charge in [0.2, 0.25) is 11.0 Å². The Morgan fingerprint density at radius 1 is 1.35 bits per heavy atom. The van der Waals surface area contributed by atoms with Gasteiger partial charge >= 0.3 is 6.09 Å². The summed E-state index contributed by atoms with van der Waals surface area (Å²) in [6.07, 6.45) is -0.776. The maximum atomic E-state index is 11.8. The van der Waals surface area contributed by atoms with Crippen molar-refractivity contribution in [3.8, 4) is 0 Å². The fourth-order valence-corrected chi connectivity index (χ4v) is 3.53. The molecule has 0 aliphatic heterocycles. The molecule has 0 saturated carbocycles. The number of methoxy groups -OCH3 is 1. The summed E-state index contributed by atoms with van der Waals surface area (Å²) < 4.78 is 5.02. The number of nitrogens with zero attached hydrogens (tertiary/aromatic N) is 2. The molecule has 0 bridgehead atoms. The van der Waals surface area contributed by atoms with Crippen molar-refractivity contribution in [2.45, 2.75) is 23.4 Å². The number of alkyl carbamates (subject to hydrolysis) is 1. The van der Waals surface area contributed by atoms with Gasteiger partial charge in [0.25, 0.3) is 0 Å². The number of nitrogens with one attached hydrogen (secondary N) is 2. The lowest BCUT2D eigenvalue weighted by Gasteiger charge is -2.07. The topological polar surface area (TPSA) is 93.2 Å². The minimum Gasteiger partial charge on any atom is -0.453 e. The molecular weight excluding hydrogens is 336 g/mol. The van der Waals surface area contributed by atoms with Crippen molar-refractivity contribution in [3.05, 3.63) is 29.8 Å². The van der Waals surface area contributed by atoms with Gasteiger partial charge in [-0.15, -0.1) is 10.2 Å². The summed E-state index contributed by atoms with van der Waals surface area (Å²) in [5.41, 5.74) is 2.07. The lowest BCUT2D eigenvalue weighted by molar-refractivity contribution is -0.119. The van der Waals surface area contributed by atoms with Gasteiger partial charge in [-0.05, 0) is 31.5 Å². The van der Waals surface area contributed by atoms with Crippen LogP contribution in [0.25, 0.3) is 0 Å². The first-order valence-corrected chi connectivity index (χ1v) is 8.40. The maximum absolute atomic E-state index is 11.8. The van der Waals surface area contributed by atoms with Crippen LogP contribution < -0.4 is 10.6 Å². The third-order valence-corrected chi connectivity index (χ3v) is 4.76. The average molecular weight is 352 g/mol. The number of rotatable bonds is 5. The smallest absolute Gasteiger partial charge is 0.413 e. The second-order valence-electron chi connectivity index (χ2n) is 4.61. The van der Waals surface area contributed by atoms with Crippen LogP contribution in [-0.2, 0) is 9.53 Å². The molecule has 0 radical (unpaired) electrons. The average Bonchev–Trinajstić information content (AvgIpc) is 2.94. The third-order valence-electron chi connectivity index (χ3n) is 2.73. The van der Waals surface area contributed by atoms with E-state index in [-0.39, 0.29) is 0 Å². The van der Waals surface area contributed by atoms with Crippen molar-refractivity contribution in [1.29, 1.82) is 0 Å². The first-order chi connectivity index (χ1) is 11.0. The Morgan fingerprint density at radius 3 is 2.83 bits per heavy atom. The largest absolute Gasteiger partial charge is 0.453 e. The van der Waals surface area contributed by atoms with Crippen LogP contribution in [-0.4, -0.2) is 34.6 Å². The van der Waals surface area contributed by atoms with Crippen LogP contribution in [0.4, 0.5) is 15.6 Å². The van der Waals surface area contributed by atoms with Gasteiger partial charge in [-0.3, -0.25) is 10.1 Å². The minimum absolute atomic E-state index is 0.440. The molecule has 2 N–H and O–H groups in total. The molecule has 7 nitrogen and oxygen atoms in total. The van der Waals surface area contributed by atoms with Crippen LogP contribution in [0.3, 0.4) is 0 Å². The molecule has 2 aromatic rings. The Balaban J connectivity index is 1.94. The van der Waals surface area contributed by atoms with Crippen molar-refractivity contribution in [2.75, 3.05) is 12.4 Å². The van der Waals surface area contributed by atoms with Gasteiger partial charge in [0.05, 0.1) is 12.4 Å². The fraction of sp³-hybridized carbons (Fsp3) is 0.286. The molecule has 0 unspecified atom stereocenters. The van der Waals surface area contributed by atoms with Crippen LogP contribution in [0.1, 0.15) is 12.5 Å². The molecule has 2 amide bonds. The summed E-state index contributed by atoms with van der Waals surface area (Å²) >= 11 is 2.56. The van der Waals surface area contributed by atoms with E-state index in [1.807, 2.05) is 31.2 Å². The van der Waals surface area contributed by atoms with Crippen molar-refractivity contribution >= 4 is 45.9 Å². The molecule has 0 fully saturated rings. The molecule has 0 saturated heterocycles. The second-order valence-corrected chi connectivity index (χ2v) is 7.17. The van der Waals surface area contributed by atoms with Crippen LogP contribution in [0, 0.1) is 6.92 Å². The summed E-state index contributed by atoms with van der Waals surface area (Å²) in [4.78, 5) is 22.8. The summed E-state index contributed by atoms with van der Waals surface area (Å²) in [6.45, 7) is 3.69. The maximum Gasteiger partial charge on any atom is 0.413 e. The molecule has 0 spiro atoms. The van der Waals surface area contributed by atoms with Gasteiger partial charge in [0.15, 0.2) is 4.34 Å². The zero-order valence-electron chi connectivity index (χ0n) is 12.8. The highest BCUT2D eigenvalue weighted by molar-refractivity contribution is 8.02. The molecule has 1 heterocycles. The van der Waals surface area contributed by atoms with Gasteiger partial charge in [0.1, 0.15) is 0 Å². The van der Waals surface area contributed by atoms with Crippen molar-refractivity contribution in [2.24, 2.45) is 0 Å². The summed E-state index contributed by atoms with van der Waals surface area (Å²) in [6, 6.07) is 7.90. The van der Waals surface area contributed by atoms with Gasteiger partial charge in [-0.2, -0.15) is 0 Å². The van der Waals surface area contributed by atoms with E-state index in [2.05, 4.69) is 25.6 Å². The van der Waals surface area contributed by atoms with Gasteiger partial charge in [-0.25, -0.2) is 4.79 Å². The highest BCUT2D eigenvalue weighted by Crippen LogP contribution is 2.30. The van der Waals surface area contributed by atoms with E-state index in [9.17, 15) is 9.59 Å². The van der Waals surface area contributed by atoms with E-state index in [1.165, 1.54) is 30.2 Å². The van der Waals surface area contributed by atoms with Crippen LogP contribution in [0.2, 0.25) is 0 Å². The van der Waals surface area contributed by atoms with E-state index in [4.69, 9.17) is 0 Å². The fourth-order valence-electron chi connectivity index (χ4n) is 1.61. The number of benzene rings is 1. The zero-order chi connectivity index (χ0) is 16.8. The molecule has 122 valence electrons. The van der Waals surface area contributed by atoms with E-state index in [0.717, 1.165) is 11.3 Å². The number of amides is 2. The summed E-state index contributed by atoms with van der Waals surface area (Å²) in [5, 5.41) is 13.5. The molecular formula is C14H16N4O3S2. The molecule has 0 aliphatic rings. The minimum atomic E-state index is -0.776. The Bertz CT molecular complexity index is 705. The first kappa shape index (κ1) is 17.2. The Kier molecular flexibility index (Phi) is 5.94. The van der Waals surface area contributed by atoms with E-state index in [0.29, 0.717) is 9.47 Å². The molecule has 1 atom stereocenters. The Labute approximate surface area is 141 Å². The summed E-state index contributed by atoms with van der Waals surface area (Å²) in [7, 11) is 1.20. The SMILES string of the molecule is COC(=O)NC(=O)[C@@H](C)Sc1nnc(Nc2cccc(C)c2)s1. The van der Waals surface area contributed by atoms with E-state index in [1.54, 1.807) is 6.92 Å². The predicted octanol–water partition coefficient (Wildman–Crippen LogP) is 2.95. The number of imide groups is 1. The standard InChI is InChI=1S/C14H16N4O3S2/c1-8-5-4-6-10(7-8)15-12-17-18-14(23-12)22-9(2)11(19)16-13(20)21-3/h4-7,9H,1-3H3,(H,15,17)(H,16,19,20)/t9-/m1/s1. The van der Waals surface area contributed by atoms with Crippen molar-refractivity contribution in [1.82, 2.24) is 15.5 Å². The predicted molar refractivity (Wildman–Crippen MR) is 90.2 cm³/mol. The Hall–Kier alpha value is -2.13. The molecule has 1 aromatic carbocycles. The third kappa shape index (κ3) is 5.22. The number of anilines is 2. The van der Waals surface area contributed by atoms with E-state index >= 15 is 0 Å². The van der Waals surface area contributed by atoms with Crippen LogP contribution >= 0.6 is 23.1 Å². The number of aromatic nitrogens is 2. The number of ether oxygens (including phenoxy) is 1. The van der Waals surface area contributed by atoms with Crippen molar-refractivity contribution in [3.63, 3.8) is 0 Å². The van der Waals surface area contributed by atoms with Crippen LogP contribution in [0.5, 0.6) is 0 Å². The molecule has 2 rings (SSSR count). The molecule has 0 aliphatic carbocycles. The van der Waals surface area contributed by atoms with Gasteiger partial charge < -0.3 is 10.1 Å². The highest BCUT2D eigenvalue weighted by atomic mass is 32.2. The van der Waals surface area contributed by atoms with E-state index < -0.39 is 17.3 Å².